The lowest BCUT2D eigenvalue weighted by atomic mass is 9.73. The summed E-state index contributed by atoms with van der Waals surface area (Å²) < 4.78 is 6.57. The number of ether oxygens (including phenoxy) is 1. The van der Waals surface area contributed by atoms with Crippen molar-refractivity contribution < 1.29 is 19.1 Å². The van der Waals surface area contributed by atoms with Crippen molar-refractivity contribution in [3.05, 3.63) is 77.3 Å². The van der Waals surface area contributed by atoms with Crippen molar-refractivity contribution in [3.63, 3.8) is 0 Å². The summed E-state index contributed by atoms with van der Waals surface area (Å²) in [5.41, 5.74) is 0.766. The van der Waals surface area contributed by atoms with Crippen molar-refractivity contribution in [2.75, 3.05) is 44.6 Å². The Kier molecular flexibility index (Phi) is 9.66. The normalized spacial score (nSPS) is 33.2. The van der Waals surface area contributed by atoms with Crippen LogP contribution in [0.1, 0.15) is 45.1 Å². The third kappa shape index (κ3) is 6.42. The number of anilines is 1. The van der Waals surface area contributed by atoms with E-state index in [9.17, 15) is 14.4 Å². The Morgan fingerprint density at radius 1 is 0.938 bits per heavy atom. The number of hydrogen-bond donors (Lipinski definition) is 2. The zero-order chi connectivity index (χ0) is 33.4. The number of carbonyl (C=O) groups excluding carboxylic acids is 3. The summed E-state index contributed by atoms with van der Waals surface area (Å²) in [5.74, 6) is -1.26. The highest BCUT2D eigenvalue weighted by atomic mass is 35.5. The summed E-state index contributed by atoms with van der Waals surface area (Å²) in [6.07, 6.45) is 7.10. The van der Waals surface area contributed by atoms with Crippen LogP contribution in [-0.4, -0.2) is 95.5 Å². The molecule has 0 aromatic heterocycles. The van der Waals surface area contributed by atoms with Gasteiger partial charge in [0.25, 0.3) is 0 Å². The summed E-state index contributed by atoms with van der Waals surface area (Å²) >= 11 is 6.06. The summed E-state index contributed by atoms with van der Waals surface area (Å²) in [4.78, 5) is 49.2. The van der Waals surface area contributed by atoms with Gasteiger partial charge < -0.3 is 25.2 Å². The number of benzene rings is 2. The number of amides is 3. The molecule has 10 heteroatoms. The zero-order valence-corrected chi connectivity index (χ0v) is 28.8. The molecule has 0 unspecified atom stereocenters. The number of piperazine rings is 1. The van der Waals surface area contributed by atoms with Crippen LogP contribution in [0.3, 0.4) is 0 Å². The number of nitrogens with one attached hydrogen (secondary N) is 2. The second-order valence-corrected chi connectivity index (χ2v) is 15.0. The van der Waals surface area contributed by atoms with Crippen molar-refractivity contribution in [2.45, 2.75) is 69.9 Å². The number of carbonyl (C=O) groups is 3. The Bertz CT molecular complexity index is 1510. The Hall–Kier alpha value is -3.24. The van der Waals surface area contributed by atoms with E-state index < -0.39 is 29.6 Å². The predicted octanol–water partition coefficient (Wildman–Crippen LogP) is 4.58. The van der Waals surface area contributed by atoms with Crippen LogP contribution in [0, 0.1) is 23.7 Å². The van der Waals surface area contributed by atoms with Gasteiger partial charge in [-0.05, 0) is 61.1 Å². The van der Waals surface area contributed by atoms with Crippen LogP contribution in [0.2, 0.25) is 5.02 Å². The zero-order valence-electron chi connectivity index (χ0n) is 28.0. The van der Waals surface area contributed by atoms with Gasteiger partial charge in [-0.1, -0.05) is 80.8 Å². The number of rotatable bonds is 10. The molecule has 2 aromatic carbocycles. The molecule has 256 valence electrons. The number of nitrogens with zero attached hydrogens (tertiary/aromatic N) is 3. The molecule has 3 amide bonds. The minimum Gasteiger partial charge on any atom is -0.359 e. The summed E-state index contributed by atoms with van der Waals surface area (Å²) in [6, 6.07) is 16.7. The minimum absolute atomic E-state index is 0.0485. The fraction of sp³-hybridized carbons (Fsp3) is 0.553. The minimum atomic E-state index is -1.17. The lowest BCUT2D eigenvalue weighted by Gasteiger charge is -2.38. The van der Waals surface area contributed by atoms with Crippen molar-refractivity contribution >= 4 is 35.0 Å². The molecule has 2 N–H and O–H groups in total. The van der Waals surface area contributed by atoms with Crippen LogP contribution in [0.5, 0.6) is 0 Å². The van der Waals surface area contributed by atoms with Gasteiger partial charge in [0.2, 0.25) is 17.7 Å². The molecule has 4 heterocycles. The Balaban J connectivity index is 1.05. The van der Waals surface area contributed by atoms with E-state index in [0.717, 1.165) is 65.0 Å². The average Bonchev–Trinajstić information content (AvgIpc) is 3.73. The molecule has 1 aliphatic carbocycles. The molecule has 2 aromatic rings. The third-order valence-electron chi connectivity index (χ3n) is 11.7. The lowest BCUT2D eigenvalue weighted by Crippen LogP contribution is -2.58. The van der Waals surface area contributed by atoms with Crippen LogP contribution in [0.4, 0.5) is 5.69 Å². The first kappa shape index (κ1) is 33.3. The maximum Gasteiger partial charge on any atom is 0.246 e. The van der Waals surface area contributed by atoms with Gasteiger partial charge in [0.05, 0.1) is 17.9 Å². The fourth-order valence-electron chi connectivity index (χ4n) is 8.79. The third-order valence-corrected chi connectivity index (χ3v) is 11.9. The highest BCUT2D eigenvalue weighted by Crippen LogP contribution is 2.55. The van der Waals surface area contributed by atoms with E-state index >= 15 is 0 Å². The Morgan fingerprint density at radius 2 is 1.67 bits per heavy atom. The van der Waals surface area contributed by atoms with E-state index in [1.807, 2.05) is 18.2 Å². The first-order valence-electron chi connectivity index (χ1n) is 17.8. The molecule has 4 fully saturated rings. The molecule has 1 saturated carbocycles. The topological polar surface area (TPSA) is 94.2 Å². The molecule has 2 bridgehead atoms. The molecule has 5 aliphatic rings. The number of fused-ring (bicyclic) bond motifs is 1. The number of halogens is 1. The number of likely N-dealkylation sites (tertiary alicyclic amines) is 1. The molecule has 1 spiro atoms. The van der Waals surface area contributed by atoms with Crippen LogP contribution in [-0.2, 0) is 25.7 Å². The van der Waals surface area contributed by atoms with Crippen LogP contribution in [0.25, 0.3) is 0 Å². The maximum atomic E-state index is 14.4. The van der Waals surface area contributed by atoms with Crippen molar-refractivity contribution in [1.29, 1.82) is 0 Å². The molecule has 48 heavy (non-hydrogen) atoms. The van der Waals surface area contributed by atoms with Gasteiger partial charge in [-0.3, -0.25) is 19.3 Å². The molecule has 0 radical (unpaired) electrons. The molecule has 3 saturated heterocycles. The van der Waals surface area contributed by atoms with Crippen LogP contribution >= 0.6 is 11.6 Å². The van der Waals surface area contributed by atoms with E-state index in [4.69, 9.17) is 16.3 Å². The standard InChI is InChI=1S/C38H48ClN5O4/c1-25-8-6-11-30(26(25)2)41-36(46)34-38-17-16-31(48-38)32(35(45)40-29-14-12-28(39)13-15-29)33(38)37(47)44(34)19-7-18-42-20-22-43(23-21-42)24-27-9-4-3-5-10-27/h3-5,9-10,12-17,25-26,30-34H,6-8,11,18-24H2,1-2H3,(H,40,45)(H,41,46)/t25-,26+,30+,31+,32-,33+,34+,38+/m1/s1. The fourth-order valence-corrected chi connectivity index (χ4v) is 8.92. The summed E-state index contributed by atoms with van der Waals surface area (Å²) in [5, 5.41) is 6.91. The first-order valence-corrected chi connectivity index (χ1v) is 18.1. The van der Waals surface area contributed by atoms with E-state index in [-0.39, 0.29) is 23.8 Å². The van der Waals surface area contributed by atoms with E-state index in [0.29, 0.717) is 29.1 Å². The van der Waals surface area contributed by atoms with E-state index in [1.165, 1.54) is 5.56 Å². The molecular weight excluding hydrogens is 626 g/mol. The second-order valence-electron chi connectivity index (χ2n) is 14.6. The SMILES string of the molecule is C[C@H]1[C@H](C)CCC[C@@H]1NC(=O)[C@@H]1N(CCCN2CCN(Cc3ccccc3)CC2)C(=O)[C@@H]2[C@H](C(=O)Nc3ccc(Cl)cc3)[C@@H]3C=C[C@]21O3. The van der Waals surface area contributed by atoms with Gasteiger partial charge in [-0.2, -0.15) is 0 Å². The number of hydrogen-bond acceptors (Lipinski definition) is 6. The van der Waals surface area contributed by atoms with Crippen molar-refractivity contribution in [1.82, 2.24) is 20.0 Å². The van der Waals surface area contributed by atoms with Crippen molar-refractivity contribution in [2.24, 2.45) is 23.7 Å². The molecule has 4 aliphatic heterocycles. The van der Waals surface area contributed by atoms with E-state index in [1.54, 1.807) is 29.2 Å². The Morgan fingerprint density at radius 3 is 2.42 bits per heavy atom. The highest BCUT2D eigenvalue weighted by molar-refractivity contribution is 6.30. The maximum absolute atomic E-state index is 14.4. The Labute approximate surface area is 289 Å². The van der Waals surface area contributed by atoms with Crippen molar-refractivity contribution in [3.8, 4) is 0 Å². The summed E-state index contributed by atoms with van der Waals surface area (Å²) in [6.45, 7) is 10.6. The molecule has 8 atom stereocenters. The summed E-state index contributed by atoms with van der Waals surface area (Å²) in [7, 11) is 0. The molecule has 7 rings (SSSR count). The van der Waals surface area contributed by atoms with Crippen LogP contribution in [0.15, 0.2) is 66.7 Å². The van der Waals surface area contributed by atoms with Gasteiger partial charge in [-0.25, -0.2) is 0 Å². The van der Waals surface area contributed by atoms with Gasteiger partial charge in [0, 0.05) is 56.0 Å². The van der Waals surface area contributed by atoms with E-state index in [2.05, 4.69) is 58.5 Å². The van der Waals surface area contributed by atoms with Gasteiger partial charge in [-0.15, -0.1) is 0 Å². The molecule has 9 nitrogen and oxygen atoms in total. The average molecular weight is 674 g/mol. The van der Waals surface area contributed by atoms with Gasteiger partial charge in [0.15, 0.2) is 0 Å². The smallest absolute Gasteiger partial charge is 0.246 e. The highest BCUT2D eigenvalue weighted by Gasteiger charge is 2.72. The predicted molar refractivity (Wildman–Crippen MR) is 186 cm³/mol. The quantitative estimate of drug-likeness (QED) is 0.359. The lowest BCUT2D eigenvalue weighted by molar-refractivity contribution is -0.141. The monoisotopic (exact) mass is 673 g/mol. The molecular formula is C38H48ClN5O4. The van der Waals surface area contributed by atoms with Gasteiger partial charge >= 0.3 is 0 Å². The largest absolute Gasteiger partial charge is 0.359 e. The first-order chi connectivity index (χ1) is 23.2. The van der Waals surface area contributed by atoms with Gasteiger partial charge in [0.1, 0.15) is 11.6 Å². The second kappa shape index (κ2) is 13.9. The van der Waals surface area contributed by atoms with Crippen LogP contribution < -0.4 is 10.6 Å².